The van der Waals surface area contributed by atoms with Crippen molar-refractivity contribution in [3.05, 3.63) is 69.1 Å². The number of aryl methyl sites for hydroxylation is 2. The van der Waals surface area contributed by atoms with Crippen LogP contribution in [0.4, 0.5) is 0 Å². The first kappa shape index (κ1) is 14.8. The lowest BCUT2D eigenvalue weighted by Crippen LogP contribution is -2.19. The zero-order valence-electron chi connectivity index (χ0n) is 12.3. The minimum absolute atomic E-state index is 0.173. The van der Waals surface area contributed by atoms with Crippen LogP contribution in [-0.4, -0.2) is 17.9 Å². The van der Waals surface area contributed by atoms with Gasteiger partial charge in [-0.25, -0.2) is 0 Å². The number of carbonyl (C=O) groups is 1. The van der Waals surface area contributed by atoms with Gasteiger partial charge in [0, 0.05) is 11.3 Å². The minimum atomic E-state index is -0.359. The van der Waals surface area contributed by atoms with Gasteiger partial charge >= 0.3 is 0 Å². The third-order valence-corrected chi connectivity index (χ3v) is 3.16. The van der Waals surface area contributed by atoms with Crippen molar-refractivity contribution in [2.24, 2.45) is 0 Å². The zero-order chi connectivity index (χ0) is 15.4. The van der Waals surface area contributed by atoms with Crippen LogP contribution < -0.4 is 10.3 Å². The van der Waals surface area contributed by atoms with Crippen molar-refractivity contribution in [1.82, 2.24) is 4.98 Å². The summed E-state index contributed by atoms with van der Waals surface area (Å²) in [5.74, 6) is 0.357. The maximum absolute atomic E-state index is 12.2. The van der Waals surface area contributed by atoms with Crippen LogP contribution in [0.5, 0.6) is 5.75 Å². The second-order valence-electron chi connectivity index (χ2n) is 4.78. The van der Waals surface area contributed by atoms with E-state index in [1.807, 2.05) is 24.3 Å². The molecule has 0 fully saturated rings. The van der Waals surface area contributed by atoms with Gasteiger partial charge in [-0.3, -0.25) is 9.59 Å². The number of para-hydroxylation sites is 1. The molecule has 21 heavy (non-hydrogen) atoms. The van der Waals surface area contributed by atoms with Crippen molar-refractivity contribution < 1.29 is 9.53 Å². The number of hydrogen-bond donors (Lipinski definition) is 1. The molecular weight excluding hydrogens is 266 g/mol. The predicted octanol–water partition coefficient (Wildman–Crippen LogP) is 2.90. The van der Waals surface area contributed by atoms with Crippen molar-refractivity contribution in [3.63, 3.8) is 0 Å². The Bertz CT molecular complexity index is 757. The lowest BCUT2D eigenvalue weighted by atomic mass is 10.0. The number of methoxy groups -OCH3 is 1. The monoisotopic (exact) mass is 283 g/mol. The largest absolute Gasteiger partial charge is 0.496 e. The zero-order valence-corrected chi connectivity index (χ0v) is 12.3. The van der Waals surface area contributed by atoms with Crippen LogP contribution in [0, 0.1) is 13.8 Å². The number of pyridine rings is 1. The summed E-state index contributed by atoms with van der Waals surface area (Å²) in [5.41, 5.74) is 2.01. The lowest BCUT2D eigenvalue weighted by Gasteiger charge is -2.04. The maximum Gasteiger partial charge on any atom is 0.259 e. The maximum atomic E-state index is 12.2. The summed E-state index contributed by atoms with van der Waals surface area (Å²) in [6.07, 6.45) is 3.05. The summed E-state index contributed by atoms with van der Waals surface area (Å²) in [6, 6.07) is 9.15. The number of hydrogen-bond acceptors (Lipinski definition) is 3. The smallest absolute Gasteiger partial charge is 0.259 e. The molecule has 4 nitrogen and oxygen atoms in total. The minimum Gasteiger partial charge on any atom is -0.496 e. The number of carbonyl (C=O) groups excluding carboxylic acids is 1. The first-order chi connectivity index (χ1) is 10.0. The first-order valence-electron chi connectivity index (χ1n) is 6.59. The number of ketones is 1. The van der Waals surface area contributed by atoms with E-state index in [4.69, 9.17) is 4.74 Å². The SMILES string of the molecule is COc1ccccc1/C=C\C(=O)c1c(C)cc(C)[nH]c1=O. The average Bonchev–Trinajstić information content (AvgIpc) is 2.44. The normalized spacial score (nSPS) is 10.8. The highest BCUT2D eigenvalue weighted by Crippen LogP contribution is 2.19. The Balaban J connectivity index is 2.34. The molecule has 0 spiro atoms. The second kappa shape index (κ2) is 6.22. The van der Waals surface area contributed by atoms with Gasteiger partial charge in [-0.15, -0.1) is 0 Å². The van der Waals surface area contributed by atoms with Crippen molar-refractivity contribution >= 4 is 11.9 Å². The fourth-order valence-electron chi connectivity index (χ4n) is 2.21. The van der Waals surface area contributed by atoms with E-state index in [-0.39, 0.29) is 16.9 Å². The Morgan fingerprint density at radius 1 is 1.24 bits per heavy atom. The van der Waals surface area contributed by atoms with Gasteiger partial charge in [0.15, 0.2) is 5.78 Å². The summed E-state index contributed by atoms with van der Waals surface area (Å²) >= 11 is 0. The fourth-order valence-corrected chi connectivity index (χ4v) is 2.21. The first-order valence-corrected chi connectivity index (χ1v) is 6.59. The summed E-state index contributed by atoms with van der Waals surface area (Å²) < 4.78 is 5.22. The average molecular weight is 283 g/mol. The van der Waals surface area contributed by atoms with Crippen molar-refractivity contribution in [1.29, 1.82) is 0 Å². The molecule has 0 amide bonds. The Morgan fingerprint density at radius 3 is 2.62 bits per heavy atom. The highest BCUT2D eigenvalue weighted by atomic mass is 16.5. The Labute approximate surface area is 123 Å². The predicted molar refractivity (Wildman–Crippen MR) is 82.9 cm³/mol. The van der Waals surface area contributed by atoms with Crippen LogP contribution in [-0.2, 0) is 0 Å². The molecule has 0 aliphatic carbocycles. The third kappa shape index (κ3) is 3.28. The van der Waals surface area contributed by atoms with Gasteiger partial charge in [0.1, 0.15) is 5.75 Å². The molecular formula is C17H17NO3. The molecule has 1 N–H and O–H groups in total. The van der Waals surface area contributed by atoms with Gasteiger partial charge in [-0.1, -0.05) is 18.2 Å². The summed E-state index contributed by atoms with van der Waals surface area (Å²) in [5, 5.41) is 0. The third-order valence-electron chi connectivity index (χ3n) is 3.16. The van der Waals surface area contributed by atoms with Gasteiger partial charge in [-0.05, 0) is 43.7 Å². The van der Waals surface area contributed by atoms with Crippen LogP contribution in [0.25, 0.3) is 6.08 Å². The molecule has 1 aromatic heterocycles. The van der Waals surface area contributed by atoms with E-state index in [1.165, 1.54) is 6.08 Å². The highest BCUT2D eigenvalue weighted by molar-refractivity contribution is 6.07. The topological polar surface area (TPSA) is 59.2 Å². The van der Waals surface area contributed by atoms with Gasteiger partial charge in [-0.2, -0.15) is 0 Å². The fraction of sp³-hybridized carbons (Fsp3) is 0.176. The molecule has 4 heteroatoms. The van der Waals surface area contributed by atoms with Gasteiger partial charge in [0.2, 0.25) is 0 Å². The molecule has 2 aromatic rings. The standard InChI is InChI=1S/C17H17NO3/c1-11-10-12(2)18-17(20)16(11)14(19)9-8-13-6-4-5-7-15(13)21-3/h4-10H,1-3H3,(H,18,20)/b9-8-. The molecule has 0 bridgehead atoms. The number of aromatic amines is 1. The Morgan fingerprint density at radius 2 is 1.95 bits per heavy atom. The van der Waals surface area contributed by atoms with Crippen molar-refractivity contribution in [3.8, 4) is 5.75 Å². The molecule has 0 aliphatic rings. The van der Waals surface area contributed by atoms with Crippen LogP contribution in [0.15, 0.2) is 41.2 Å². The number of nitrogens with one attached hydrogen (secondary N) is 1. The number of H-pyrrole nitrogens is 1. The van der Waals surface area contributed by atoms with Crippen LogP contribution in [0.1, 0.15) is 27.2 Å². The van der Waals surface area contributed by atoms with Gasteiger partial charge in [0.25, 0.3) is 5.56 Å². The molecule has 0 unspecified atom stereocenters. The number of aromatic nitrogens is 1. The molecule has 0 saturated heterocycles. The summed E-state index contributed by atoms with van der Waals surface area (Å²) in [7, 11) is 1.57. The Kier molecular flexibility index (Phi) is 4.38. The number of rotatable bonds is 4. The van der Waals surface area contributed by atoms with Crippen LogP contribution in [0.2, 0.25) is 0 Å². The summed E-state index contributed by atoms with van der Waals surface area (Å²) in [4.78, 5) is 26.8. The van der Waals surface area contributed by atoms with Crippen LogP contribution in [0.3, 0.4) is 0 Å². The van der Waals surface area contributed by atoms with E-state index in [1.54, 1.807) is 33.1 Å². The molecule has 0 aliphatic heterocycles. The van der Waals surface area contributed by atoms with E-state index in [0.717, 1.165) is 11.3 Å². The quantitative estimate of drug-likeness (QED) is 0.693. The second-order valence-corrected chi connectivity index (χ2v) is 4.78. The number of allylic oxidation sites excluding steroid dienone is 1. The molecule has 0 atom stereocenters. The molecule has 2 rings (SSSR count). The van der Waals surface area contributed by atoms with Crippen molar-refractivity contribution in [2.45, 2.75) is 13.8 Å². The van der Waals surface area contributed by atoms with Crippen LogP contribution >= 0.6 is 0 Å². The van der Waals surface area contributed by atoms with E-state index < -0.39 is 0 Å². The molecule has 108 valence electrons. The van der Waals surface area contributed by atoms with Crippen molar-refractivity contribution in [2.75, 3.05) is 7.11 Å². The number of benzene rings is 1. The molecule has 1 aromatic carbocycles. The van der Waals surface area contributed by atoms with E-state index in [2.05, 4.69) is 4.98 Å². The molecule has 1 heterocycles. The lowest BCUT2D eigenvalue weighted by molar-refractivity contribution is 0.104. The van der Waals surface area contributed by atoms with E-state index >= 15 is 0 Å². The molecule has 0 saturated carbocycles. The Hall–Kier alpha value is -2.62. The van der Waals surface area contributed by atoms with E-state index in [0.29, 0.717) is 11.3 Å². The van der Waals surface area contributed by atoms with Gasteiger partial charge in [0.05, 0.1) is 12.7 Å². The summed E-state index contributed by atoms with van der Waals surface area (Å²) in [6.45, 7) is 3.54. The van der Waals surface area contributed by atoms with E-state index in [9.17, 15) is 9.59 Å². The number of ether oxygens (including phenoxy) is 1. The van der Waals surface area contributed by atoms with Gasteiger partial charge < -0.3 is 9.72 Å². The molecule has 0 radical (unpaired) electrons. The highest BCUT2D eigenvalue weighted by Gasteiger charge is 2.11.